The fourth-order valence-electron chi connectivity index (χ4n) is 1.81. The van der Waals surface area contributed by atoms with E-state index in [2.05, 4.69) is 4.74 Å². The predicted molar refractivity (Wildman–Crippen MR) is 59.5 cm³/mol. The number of rotatable bonds is 3. The normalized spacial score (nSPS) is 19.5. The van der Waals surface area contributed by atoms with E-state index in [0.717, 1.165) is 0 Å². The summed E-state index contributed by atoms with van der Waals surface area (Å²) in [5, 5.41) is 0. The molecule has 0 radical (unpaired) electrons. The smallest absolute Gasteiger partial charge is 0.444 e. The molecule has 0 unspecified atom stereocenters. The van der Waals surface area contributed by atoms with E-state index in [-0.39, 0.29) is 11.9 Å². The molecular formula is C12H12F3NO3. The van der Waals surface area contributed by atoms with Crippen molar-refractivity contribution in [2.45, 2.75) is 25.9 Å². The number of ether oxygens (including phenoxy) is 2. The Hall–Kier alpha value is -1.92. The van der Waals surface area contributed by atoms with Crippen LogP contribution in [0.2, 0.25) is 0 Å². The zero-order valence-electron chi connectivity index (χ0n) is 10.1. The van der Waals surface area contributed by atoms with Gasteiger partial charge < -0.3 is 14.4 Å². The number of hydrogen-bond acceptors (Lipinski definition) is 3. The fourth-order valence-corrected chi connectivity index (χ4v) is 1.81. The minimum absolute atomic E-state index is 0.166. The molecule has 19 heavy (non-hydrogen) atoms. The first-order valence-electron chi connectivity index (χ1n) is 5.64. The molecule has 7 heteroatoms. The topological polar surface area (TPSA) is 38.8 Å². The minimum Gasteiger partial charge on any atom is -0.444 e. The van der Waals surface area contributed by atoms with E-state index in [1.807, 2.05) is 0 Å². The van der Waals surface area contributed by atoms with E-state index in [1.165, 1.54) is 29.2 Å². The van der Waals surface area contributed by atoms with Crippen LogP contribution in [0.3, 0.4) is 0 Å². The highest BCUT2D eigenvalue weighted by Crippen LogP contribution is 2.23. The molecule has 0 bridgehead atoms. The molecule has 0 saturated carbocycles. The summed E-state index contributed by atoms with van der Waals surface area (Å²) in [6.45, 7) is 2.55. The quantitative estimate of drug-likeness (QED) is 0.851. The summed E-state index contributed by atoms with van der Waals surface area (Å²) in [7, 11) is 0. The maximum atomic E-state index is 12.0. The van der Waals surface area contributed by atoms with Gasteiger partial charge in [0.1, 0.15) is 11.9 Å². The summed E-state index contributed by atoms with van der Waals surface area (Å²) >= 11 is 0. The molecular weight excluding hydrogens is 263 g/mol. The van der Waals surface area contributed by atoms with Crippen molar-refractivity contribution in [3.8, 4) is 5.75 Å². The zero-order chi connectivity index (χ0) is 14.0. The number of cyclic esters (lactones) is 1. The maximum Gasteiger partial charge on any atom is 0.573 e. The molecule has 1 aromatic carbocycles. The lowest BCUT2D eigenvalue weighted by atomic mass is 10.2. The van der Waals surface area contributed by atoms with Gasteiger partial charge in [-0.3, -0.25) is 0 Å². The summed E-state index contributed by atoms with van der Waals surface area (Å²) in [5.74, 6) is -0.284. The average Bonchev–Trinajstić information content (AvgIpc) is 2.58. The molecule has 104 valence electrons. The molecule has 1 saturated heterocycles. The van der Waals surface area contributed by atoms with E-state index in [0.29, 0.717) is 18.7 Å². The highest BCUT2D eigenvalue weighted by molar-refractivity contribution is 5.69. The summed E-state index contributed by atoms with van der Waals surface area (Å²) < 4.78 is 44.6. The van der Waals surface area contributed by atoms with Crippen molar-refractivity contribution in [3.05, 3.63) is 29.8 Å². The molecule has 1 aliphatic heterocycles. The molecule has 2 rings (SSSR count). The molecule has 0 aromatic heterocycles. The molecule has 1 atom stereocenters. The van der Waals surface area contributed by atoms with Gasteiger partial charge in [0.2, 0.25) is 0 Å². The third-order valence-corrected chi connectivity index (χ3v) is 2.57. The van der Waals surface area contributed by atoms with Gasteiger partial charge in [0.15, 0.2) is 0 Å². The van der Waals surface area contributed by atoms with Crippen molar-refractivity contribution in [1.82, 2.24) is 4.90 Å². The van der Waals surface area contributed by atoms with Crippen LogP contribution in [-0.2, 0) is 11.3 Å². The first-order chi connectivity index (χ1) is 8.83. The Labute approximate surface area is 107 Å². The van der Waals surface area contributed by atoms with Crippen LogP contribution in [0.4, 0.5) is 18.0 Å². The van der Waals surface area contributed by atoms with Crippen LogP contribution < -0.4 is 4.74 Å². The zero-order valence-corrected chi connectivity index (χ0v) is 10.1. The highest BCUT2D eigenvalue weighted by atomic mass is 19.4. The Kier molecular flexibility index (Phi) is 3.55. The van der Waals surface area contributed by atoms with Crippen molar-refractivity contribution < 1.29 is 27.4 Å². The van der Waals surface area contributed by atoms with Gasteiger partial charge in [-0.15, -0.1) is 13.2 Å². The van der Waals surface area contributed by atoms with Gasteiger partial charge in [0, 0.05) is 6.54 Å². The fraction of sp³-hybridized carbons (Fsp3) is 0.417. The van der Waals surface area contributed by atoms with Gasteiger partial charge in [-0.25, -0.2) is 4.79 Å². The number of carbonyl (C=O) groups is 1. The number of amides is 1. The number of alkyl halides is 3. The van der Waals surface area contributed by atoms with Gasteiger partial charge in [-0.2, -0.15) is 0 Å². The van der Waals surface area contributed by atoms with E-state index >= 15 is 0 Å². The highest BCUT2D eigenvalue weighted by Gasteiger charge is 2.31. The number of nitrogens with zero attached hydrogens (tertiary/aromatic N) is 1. The van der Waals surface area contributed by atoms with Crippen LogP contribution in [0, 0.1) is 0 Å². The molecule has 0 N–H and O–H groups in total. The molecule has 1 aromatic rings. The average molecular weight is 275 g/mol. The monoisotopic (exact) mass is 275 g/mol. The van der Waals surface area contributed by atoms with Gasteiger partial charge >= 0.3 is 12.5 Å². The third kappa shape index (κ3) is 3.77. The van der Waals surface area contributed by atoms with Gasteiger partial charge in [0.05, 0.1) is 6.54 Å². The SMILES string of the molecule is C[C@H]1CN(Cc2ccc(OC(F)(F)F)cc2)C(=O)O1. The van der Waals surface area contributed by atoms with Crippen molar-refractivity contribution in [2.75, 3.05) is 6.54 Å². The number of carbonyl (C=O) groups excluding carboxylic acids is 1. The van der Waals surface area contributed by atoms with Crippen LogP contribution >= 0.6 is 0 Å². The van der Waals surface area contributed by atoms with Crippen molar-refractivity contribution in [3.63, 3.8) is 0 Å². The standard InChI is InChI=1S/C12H12F3NO3/c1-8-6-16(11(17)18-8)7-9-2-4-10(5-3-9)19-12(13,14)15/h2-5,8H,6-7H2,1H3/t8-/m0/s1. The summed E-state index contributed by atoms with van der Waals surface area (Å²) in [5.41, 5.74) is 0.709. The Morgan fingerprint density at radius 1 is 1.37 bits per heavy atom. The Bertz CT molecular complexity index is 458. The molecule has 0 spiro atoms. The second kappa shape index (κ2) is 4.99. The molecule has 1 aliphatic rings. The lowest BCUT2D eigenvalue weighted by Gasteiger charge is -2.13. The van der Waals surface area contributed by atoms with E-state index in [9.17, 15) is 18.0 Å². The Morgan fingerprint density at radius 3 is 2.47 bits per heavy atom. The van der Waals surface area contributed by atoms with Crippen LogP contribution in [-0.4, -0.2) is 30.0 Å². The van der Waals surface area contributed by atoms with Crippen LogP contribution in [0.15, 0.2) is 24.3 Å². The molecule has 1 fully saturated rings. The summed E-state index contributed by atoms with van der Waals surface area (Å²) in [4.78, 5) is 12.9. The Balaban J connectivity index is 1.97. The maximum absolute atomic E-state index is 12.0. The van der Waals surface area contributed by atoms with Gasteiger partial charge in [0.25, 0.3) is 0 Å². The summed E-state index contributed by atoms with van der Waals surface area (Å²) in [6.07, 6.45) is -5.28. The molecule has 0 aliphatic carbocycles. The van der Waals surface area contributed by atoms with E-state index < -0.39 is 12.5 Å². The van der Waals surface area contributed by atoms with Crippen LogP contribution in [0.5, 0.6) is 5.75 Å². The van der Waals surface area contributed by atoms with Crippen LogP contribution in [0.25, 0.3) is 0 Å². The second-order valence-corrected chi connectivity index (χ2v) is 4.27. The van der Waals surface area contributed by atoms with Crippen molar-refractivity contribution >= 4 is 6.09 Å². The minimum atomic E-state index is -4.70. The lowest BCUT2D eigenvalue weighted by molar-refractivity contribution is -0.274. The van der Waals surface area contributed by atoms with E-state index in [4.69, 9.17) is 4.74 Å². The first kappa shape index (κ1) is 13.5. The summed E-state index contributed by atoms with van der Waals surface area (Å²) in [6, 6.07) is 5.40. The number of benzene rings is 1. The molecule has 1 heterocycles. The molecule has 4 nitrogen and oxygen atoms in total. The second-order valence-electron chi connectivity index (χ2n) is 4.27. The first-order valence-corrected chi connectivity index (χ1v) is 5.64. The van der Waals surface area contributed by atoms with Gasteiger partial charge in [-0.1, -0.05) is 12.1 Å². The Morgan fingerprint density at radius 2 is 2.00 bits per heavy atom. The largest absolute Gasteiger partial charge is 0.573 e. The van der Waals surface area contributed by atoms with Crippen molar-refractivity contribution in [2.24, 2.45) is 0 Å². The third-order valence-electron chi connectivity index (χ3n) is 2.57. The number of hydrogen-bond donors (Lipinski definition) is 0. The molecule has 1 amide bonds. The van der Waals surface area contributed by atoms with Crippen molar-refractivity contribution in [1.29, 1.82) is 0 Å². The van der Waals surface area contributed by atoms with Crippen LogP contribution in [0.1, 0.15) is 12.5 Å². The predicted octanol–water partition coefficient (Wildman–Crippen LogP) is 2.93. The number of halogens is 3. The lowest BCUT2D eigenvalue weighted by Crippen LogP contribution is -2.24. The van der Waals surface area contributed by atoms with Gasteiger partial charge in [-0.05, 0) is 24.6 Å². The van der Waals surface area contributed by atoms with E-state index in [1.54, 1.807) is 6.92 Å².